The van der Waals surface area contributed by atoms with Crippen molar-refractivity contribution in [3.05, 3.63) is 29.8 Å². The van der Waals surface area contributed by atoms with Crippen molar-refractivity contribution < 1.29 is 19.4 Å². The van der Waals surface area contributed by atoms with E-state index < -0.39 is 17.8 Å². The lowest BCUT2D eigenvalue weighted by Gasteiger charge is -2.27. The van der Waals surface area contributed by atoms with Gasteiger partial charge in [0.25, 0.3) is 0 Å². The molecule has 0 aromatic heterocycles. The van der Waals surface area contributed by atoms with Crippen LogP contribution in [0.3, 0.4) is 0 Å². The van der Waals surface area contributed by atoms with Crippen molar-refractivity contribution in [2.45, 2.75) is 25.7 Å². The normalized spacial score (nSPS) is 22.8. The van der Waals surface area contributed by atoms with Crippen molar-refractivity contribution >= 4 is 11.8 Å². The maximum absolute atomic E-state index is 12.6. The topological polar surface area (TPSA) is 63.6 Å². The highest BCUT2D eigenvalue weighted by Gasteiger charge is 2.36. The number of ether oxygens (including phenoxy) is 1. The molecule has 0 heterocycles. The van der Waals surface area contributed by atoms with Crippen molar-refractivity contribution in [3.63, 3.8) is 0 Å². The minimum atomic E-state index is -0.868. The highest BCUT2D eigenvalue weighted by Crippen LogP contribution is 2.34. The second-order valence-corrected chi connectivity index (χ2v) is 4.90. The molecule has 4 nitrogen and oxygen atoms in total. The van der Waals surface area contributed by atoms with Crippen molar-refractivity contribution in [3.8, 4) is 5.75 Å². The van der Waals surface area contributed by atoms with Gasteiger partial charge in [-0.25, -0.2) is 0 Å². The van der Waals surface area contributed by atoms with E-state index in [1.54, 1.807) is 24.3 Å². The van der Waals surface area contributed by atoms with Crippen LogP contribution in [0.2, 0.25) is 0 Å². The van der Waals surface area contributed by atoms with Gasteiger partial charge in [0.1, 0.15) is 5.75 Å². The number of carboxylic acid groups (broad SMARTS) is 1. The molecule has 1 aromatic carbocycles. The number of ketones is 1. The molecular weight excluding hydrogens is 244 g/mol. The Balaban J connectivity index is 2.29. The van der Waals surface area contributed by atoms with Crippen LogP contribution in [-0.4, -0.2) is 24.0 Å². The van der Waals surface area contributed by atoms with Crippen LogP contribution < -0.4 is 4.74 Å². The van der Waals surface area contributed by atoms with Gasteiger partial charge in [0.2, 0.25) is 0 Å². The van der Waals surface area contributed by atoms with E-state index in [2.05, 4.69) is 0 Å². The van der Waals surface area contributed by atoms with Crippen LogP contribution in [0.4, 0.5) is 0 Å². The van der Waals surface area contributed by atoms with Gasteiger partial charge in [-0.3, -0.25) is 9.59 Å². The lowest BCUT2D eigenvalue weighted by molar-refractivity contribution is -0.144. The number of aliphatic carboxylic acids is 1. The van der Waals surface area contributed by atoms with Crippen LogP contribution in [0.25, 0.3) is 0 Å². The molecule has 0 unspecified atom stereocenters. The average molecular weight is 262 g/mol. The van der Waals surface area contributed by atoms with Gasteiger partial charge in [-0.1, -0.05) is 25.0 Å². The first kappa shape index (κ1) is 13.6. The Bertz CT molecular complexity index is 481. The fourth-order valence-corrected chi connectivity index (χ4v) is 2.79. The van der Waals surface area contributed by atoms with E-state index in [9.17, 15) is 14.7 Å². The van der Waals surface area contributed by atoms with Gasteiger partial charge in [-0.15, -0.1) is 0 Å². The SMILES string of the molecule is COc1ccccc1C(=O)[C@@H]1CCCC[C@H]1C(=O)O. The van der Waals surface area contributed by atoms with Crippen molar-refractivity contribution in [2.24, 2.45) is 11.8 Å². The summed E-state index contributed by atoms with van der Waals surface area (Å²) in [5, 5.41) is 9.25. The molecule has 1 aromatic rings. The maximum Gasteiger partial charge on any atom is 0.307 e. The van der Waals surface area contributed by atoms with Gasteiger partial charge < -0.3 is 9.84 Å². The number of carbonyl (C=O) groups is 2. The number of benzene rings is 1. The summed E-state index contributed by atoms with van der Waals surface area (Å²) in [6.07, 6.45) is 3.02. The molecule has 2 atom stereocenters. The Morgan fingerprint density at radius 2 is 1.79 bits per heavy atom. The monoisotopic (exact) mass is 262 g/mol. The van der Waals surface area contributed by atoms with Gasteiger partial charge in [0, 0.05) is 5.92 Å². The van der Waals surface area contributed by atoms with E-state index in [0.29, 0.717) is 24.2 Å². The Morgan fingerprint density at radius 3 is 2.42 bits per heavy atom. The third-order valence-corrected chi connectivity index (χ3v) is 3.79. The van der Waals surface area contributed by atoms with Gasteiger partial charge in [0.15, 0.2) is 5.78 Å². The molecule has 1 saturated carbocycles. The Kier molecular flexibility index (Phi) is 4.20. The summed E-state index contributed by atoms with van der Waals surface area (Å²) in [6.45, 7) is 0. The minimum absolute atomic E-state index is 0.107. The molecule has 1 aliphatic carbocycles. The smallest absolute Gasteiger partial charge is 0.307 e. The first-order valence-electron chi connectivity index (χ1n) is 6.55. The van der Waals surface area contributed by atoms with Crippen LogP contribution in [-0.2, 0) is 4.79 Å². The number of carboxylic acids is 1. The highest BCUT2D eigenvalue weighted by atomic mass is 16.5. The quantitative estimate of drug-likeness (QED) is 0.847. The van der Waals surface area contributed by atoms with Gasteiger partial charge in [-0.05, 0) is 25.0 Å². The number of rotatable bonds is 4. The van der Waals surface area contributed by atoms with Crippen LogP contribution in [0.1, 0.15) is 36.0 Å². The third kappa shape index (κ3) is 2.78. The number of para-hydroxylation sites is 1. The molecule has 1 aliphatic rings. The lowest BCUT2D eigenvalue weighted by atomic mass is 9.75. The van der Waals surface area contributed by atoms with Crippen LogP contribution in [0.15, 0.2) is 24.3 Å². The number of methoxy groups -OCH3 is 1. The largest absolute Gasteiger partial charge is 0.496 e. The molecule has 1 N–H and O–H groups in total. The predicted molar refractivity (Wildman–Crippen MR) is 70.4 cm³/mol. The van der Waals surface area contributed by atoms with Crippen molar-refractivity contribution in [1.82, 2.24) is 0 Å². The zero-order valence-electron chi connectivity index (χ0n) is 11.0. The zero-order chi connectivity index (χ0) is 13.8. The Morgan fingerprint density at radius 1 is 1.16 bits per heavy atom. The zero-order valence-corrected chi connectivity index (χ0v) is 11.0. The Labute approximate surface area is 112 Å². The van der Waals surface area contributed by atoms with Gasteiger partial charge >= 0.3 is 5.97 Å². The third-order valence-electron chi connectivity index (χ3n) is 3.79. The van der Waals surface area contributed by atoms with Crippen molar-refractivity contribution in [2.75, 3.05) is 7.11 Å². The fraction of sp³-hybridized carbons (Fsp3) is 0.467. The predicted octanol–water partition coefficient (Wildman–Crippen LogP) is 2.77. The maximum atomic E-state index is 12.6. The van der Waals surface area contributed by atoms with E-state index in [0.717, 1.165) is 12.8 Å². The van der Waals surface area contributed by atoms with Crippen molar-refractivity contribution in [1.29, 1.82) is 0 Å². The van der Waals surface area contributed by atoms with Gasteiger partial charge in [0.05, 0.1) is 18.6 Å². The standard InChI is InChI=1S/C15H18O4/c1-19-13-9-5-4-8-12(13)14(16)10-6-2-3-7-11(10)15(17)18/h4-5,8-11H,2-3,6-7H2,1H3,(H,17,18)/t10-,11-/m1/s1. The van der Waals surface area contributed by atoms with E-state index in [4.69, 9.17) is 4.74 Å². The molecule has 4 heteroatoms. The summed E-state index contributed by atoms with van der Waals surface area (Å²) in [6, 6.07) is 7.00. The summed E-state index contributed by atoms with van der Waals surface area (Å²) < 4.78 is 5.18. The summed E-state index contributed by atoms with van der Waals surface area (Å²) >= 11 is 0. The first-order valence-corrected chi connectivity index (χ1v) is 6.55. The number of hydrogen-bond acceptors (Lipinski definition) is 3. The number of Topliss-reactive ketones (excluding diaryl/α,β-unsaturated/α-hetero) is 1. The summed E-state index contributed by atoms with van der Waals surface area (Å²) in [4.78, 5) is 23.8. The molecule has 1 fully saturated rings. The molecule has 0 spiro atoms. The number of hydrogen-bond donors (Lipinski definition) is 1. The summed E-state index contributed by atoms with van der Waals surface area (Å²) in [5.41, 5.74) is 0.489. The first-order chi connectivity index (χ1) is 9.15. The molecule has 0 aliphatic heterocycles. The molecule has 2 rings (SSSR count). The van der Waals surface area contributed by atoms with E-state index in [1.165, 1.54) is 7.11 Å². The van der Waals surface area contributed by atoms with Crippen LogP contribution in [0.5, 0.6) is 5.75 Å². The van der Waals surface area contributed by atoms with E-state index in [1.807, 2.05) is 0 Å². The van der Waals surface area contributed by atoms with Crippen LogP contribution >= 0.6 is 0 Å². The fourth-order valence-electron chi connectivity index (χ4n) is 2.79. The van der Waals surface area contributed by atoms with E-state index >= 15 is 0 Å². The molecule has 0 bridgehead atoms. The molecule has 0 saturated heterocycles. The van der Waals surface area contributed by atoms with E-state index in [-0.39, 0.29) is 5.78 Å². The molecule has 102 valence electrons. The van der Waals surface area contributed by atoms with Gasteiger partial charge in [-0.2, -0.15) is 0 Å². The Hall–Kier alpha value is -1.84. The lowest BCUT2D eigenvalue weighted by Crippen LogP contribution is -2.32. The second kappa shape index (κ2) is 5.87. The number of carbonyl (C=O) groups excluding carboxylic acids is 1. The second-order valence-electron chi connectivity index (χ2n) is 4.90. The molecule has 0 radical (unpaired) electrons. The minimum Gasteiger partial charge on any atom is -0.496 e. The summed E-state index contributed by atoms with van der Waals surface area (Å²) in [5.74, 6) is -1.45. The highest BCUT2D eigenvalue weighted by molar-refractivity contribution is 6.02. The molecule has 19 heavy (non-hydrogen) atoms. The molecular formula is C15H18O4. The summed E-state index contributed by atoms with van der Waals surface area (Å²) in [7, 11) is 1.52. The molecule has 0 amide bonds. The van der Waals surface area contributed by atoms with Crippen LogP contribution in [0, 0.1) is 11.8 Å². The average Bonchev–Trinajstić information content (AvgIpc) is 2.46.